The molecule has 0 aliphatic rings. The Morgan fingerprint density at radius 2 is 2.00 bits per heavy atom. The van der Waals surface area contributed by atoms with Gasteiger partial charge in [-0.2, -0.15) is 0 Å². The molecule has 0 atom stereocenters. The van der Waals surface area contributed by atoms with E-state index in [2.05, 4.69) is 15.3 Å². The van der Waals surface area contributed by atoms with Crippen molar-refractivity contribution in [2.75, 3.05) is 37.1 Å². The van der Waals surface area contributed by atoms with E-state index in [4.69, 9.17) is 11.6 Å². The minimum absolute atomic E-state index is 0.299. The zero-order chi connectivity index (χ0) is 14.8. The van der Waals surface area contributed by atoms with Crippen molar-refractivity contribution in [3.63, 3.8) is 0 Å². The molecule has 0 amide bonds. The van der Waals surface area contributed by atoms with E-state index in [-0.39, 0.29) is 0 Å². The van der Waals surface area contributed by atoms with Gasteiger partial charge >= 0.3 is 0 Å². The molecule has 0 radical (unpaired) electrons. The van der Waals surface area contributed by atoms with Crippen LogP contribution in [0, 0.1) is 0 Å². The molecule has 0 bridgehead atoms. The average Bonchev–Trinajstić information content (AvgIpc) is 2.26. The lowest BCUT2D eigenvalue weighted by molar-refractivity contribution is 0.549. The lowest BCUT2D eigenvalue weighted by atomic mass is 10.2. The molecule has 6 nitrogen and oxygen atoms in total. The molecule has 0 saturated heterocycles. The third-order valence-electron chi connectivity index (χ3n) is 3.01. The van der Waals surface area contributed by atoms with E-state index < -0.39 is 14.6 Å². The summed E-state index contributed by atoms with van der Waals surface area (Å²) in [5.41, 5.74) is 0.580. The molecule has 19 heavy (non-hydrogen) atoms. The first-order valence-electron chi connectivity index (χ1n) is 5.69. The highest BCUT2D eigenvalue weighted by Gasteiger charge is 2.32. The van der Waals surface area contributed by atoms with Crippen molar-refractivity contribution < 1.29 is 8.42 Å². The van der Waals surface area contributed by atoms with Crippen LogP contribution < -0.4 is 10.2 Å². The quantitative estimate of drug-likeness (QED) is 0.830. The molecule has 1 aromatic rings. The number of sulfone groups is 1. The molecule has 0 aromatic carbocycles. The van der Waals surface area contributed by atoms with Crippen LogP contribution in [0.25, 0.3) is 0 Å². The van der Waals surface area contributed by atoms with E-state index in [0.29, 0.717) is 23.2 Å². The van der Waals surface area contributed by atoms with Crippen LogP contribution in [0.15, 0.2) is 6.33 Å². The SMILES string of the molecule is CNc1c(Cl)ncnc1N(C)CC(C)(C)S(C)(=O)=O. The third-order valence-corrected chi connectivity index (χ3v) is 5.44. The minimum Gasteiger partial charge on any atom is -0.383 e. The van der Waals surface area contributed by atoms with Crippen LogP contribution in [0.5, 0.6) is 0 Å². The Labute approximate surface area is 119 Å². The van der Waals surface area contributed by atoms with Crippen LogP contribution in [0.2, 0.25) is 5.15 Å². The van der Waals surface area contributed by atoms with Gasteiger partial charge < -0.3 is 10.2 Å². The van der Waals surface area contributed by atoms with Gasteiger partial charge in [0.1, 0.15) is 12.0 Å². The predicted octanol–water partition coefficient (Wildman–Crippen LogP) is 1.43. The van der Waals surface area contributed by atoms with Crippen molar-refractivity contribution in [1.82, 2.24) is 9.97 Å². The number of aromatic nitrogens is 2. The summed E-state index contributed by atoms with van der Waals surface area (Å²) in [5, 5.41) is 3.22. The number of nitrogens with one attached hydrogen (secondary N) is 1. The molecular weight excluding hydrogens is 288 g/mol. The van der Waals surface area contributed by atoms with Gasteiger partial charge in [0.2, 0.25) is 0 Å². The summed E-state index contributed by atoms with van der Waals surface area (Å²) in [6.07, 6.45) is 2.58. The molecule has 1 N–H and O–H groups in total. The largest absolute Gasteiger partial charge is 0.383 e. The first-order valence-corrected chi connectivity index (χ1v) is 7.96. The zero-order valence-electron chi connectivity index (χ0n) is 11.7. The number of nitrogens with zero attached hydrogens (tertiary/aromatic N) is 3. The molecule has 108 valence electrons. The highest BCUT2D eigenvalue weighted by atomic mass is 35.5. The van der Waals surface area contributed by atoms with E-state index in [9.17, 15) is 8.42 Å². The fraction of sp³-hybridized carbons (Fsp3) is 0.636. The summed E-state index contributed by atoms with van der Waals surface area (Å²) in [5.74, 6) is 0.569. The van der Waals surface area contributed by atoms with Gasteiger partial charge in [-0.3, -0.25) is 0 Å². The molecular formula is C11H19ClN4O2S. The normalized spacial score (nSPS) is 12.3. The molecule has 8 heteroatoms. The fourth-order valence-corrected chi connectivity index (χ4v) is 2.27. The van der Waals surface area contributed by atoms with Crippen molar-refractivity contribution in [2.45, 2.75) is 18.6 Å². The van der Waals surface area contributed by atoms with Crippen molar-refractivity contribution in [3.8, 4) is 0 Å². The monoisotopic (exact) mass is 306 g/mol. The summed E-state index contributed by atoms with van der Waals surface area (Å²) in [4.78, 5) is 9.79. The van der Waals surface area contributed by atoms with Crippen molar-refractivity contribution in [1.29, 1.82) is 0 Å². The Morgan fingerprint density at radius 1 is 1.42 bits per heavy atom. The first kappa shape index (κ1) is 16.0. The standard InChI is InChI=1S/C11H19ClN4O2S/c1-11(2,19(5,17)18)6-16(4)10-8(13-3)9(12)14-7-15-10/h7,13H,6H2,1-5H3. The molecule has 0 unspecified atom stereocenters. The average molecular weight is 307 g/mol. The third kappa shape index (κ3) is 3.48. The minimum atomic E-state index is -3.17. The van der Waals surface area contributed by atoms with Gasteiger partial charge in [0.15, 0.2) is 20.8 Å². The number of rotatable bonds is 5. The summed E-state index contributed by atoms with van der Waals surface area (Å²) in [7, 11) is 0.309. The van der Waals surface area contributed by atoms with Crippen LogP contribution >= 0.6 is 11.6 Å². The molecule has 1 aromatic heterocycles. The van der Waals surface area contributed by atoms with Crippen LogP contribution in [0.3, 0.4) is 0 Å². The molecule has 1 rings (SSSR count). The van der Waals surface area contributed by atoms with Crippen LogP contribution in [0.4, 0.5) is 11.5 Å². The molecule has 0 aliphatic heterocycles. The van der Waals surface area contributed by atoms with E-state index in [1.807, 2.05) is 0 Å². The van der Waals surface area contributed by atoms with Crippen LogP contribution in [-0.4, -0.2) is 50.0 Å². The van der Waals surface area contributed by atoms with E-state index in [1.54, 1.807) is 32.8 Å². The van der Waals surface area contributed by atoms with E-state index >= 15 is 0 Å². The first-order chi connectivity index (χ1) is 8.60. The van der Waals surface area contributed by atoms with Crippen LogP contribution in [-0.2, 0) is 9.84 Å². The van der Waals surface area contributed by atoms with Crippen molar-refractivity contribution in [2.24, 2.45) is 0 Å². The van der Waals surface area contributed by atoms with Gasteiger partial charge in [-0.25, -0.2) is 18.4 Å². The second-order valence-corrected chi connectivity index (χ2v) is 8.01. The number of halogens is 1. The highest BCUT2D eigenvalue weighted by Crippen LogP contribution is 2.29. The summed E-state index contributed by atoms with van der Waals surface area (Å²) in [6.45, 7) is 3.66. The molecule has 0 aliphatic carbocycles. The summed E-state index contributed by atoms with van der Waals surface area (Å²) in [6, 6.07) is 0. The Morgan fingerprint density at radius 3 is 2.47 bits per heavy atom. The number of anilines is 2. The number of hydrogen-bond donors (Lipinski definition) is 1. The molecule has 0 fully saturated rings. The van der Waals surface area contributed by atoms with Crippen molar-refractivity contribution >= 4 is 32.9 Å². The summed E-state index contributed by atoms with van der Waals surface area (Å²) < 4.78 is 22.6. The second kappa shape index (κ2) is 5.50. The van der Waals surface area contributed by atoms with Gasteiger partial charge in [-0.05, 0) is 13.8 Å². The molecule has 1 heterocycles. The second-order valence-electron chi connectivity index (χ2n) is 5.00. The van der Waals surface area contributed by atoms with E-state index in [0.717, 1.165) is 0 Å². The maximum Gasteiger partial charge on any atom is 0.157 e. The lowest BCUT2D eigenvalue weighted by Crippen LogP contribution is -2.43. The van der Waals surface area contributed by atoms with Gasteiger partial charge in [-0.15, -0.1) is 0 Å². The van der Waals surface area contributed by atoms with Gasteiger partial charge in [0, 0.05) is 26.9 Å². The van der Waals surface area contributed by atoms with Gasteiger partial charge in [0.05, 0.1) is 4.75 Å². The zero-order valence-corrected chi connectivity index (χ0v) is 13.3. The smallest absolute Gasteiger partial charge is 0.157 e. The Bertz CT molecular complexity index is 560. The summed E-state index contributed by atoms with van der Waals surface area (Å²) >= 11 is 5.98. The maximum atomic E-state index is 11.7. The van der Waals surface area contributed by atoms with Gasteiger partial charge in [0.25, 0.3) is 0 Å². The molecule has 0 saturated carbocycles. The molecule has 0 spiro atoms. The number of hydrogen-bond acceptors (Lipinski definition) is 6. The lowest BCUT2D eigenvalue weighted by Gasteiger charge is -2.30. The maximum absolute atomic E-state index is 11.7. The van der Waals surface area contributed by atoms with E-state index in [1.165, 1.54) is 12.6 Å². The Kier molecular flexibility index (Phi) is 4.63. The van der Waals surface area contributed by atoms with Crippen LogP contribution in [0.1, 0.15) is 13.8 Å². The highest BCUT2D eigenvalue weighted by molar-refractivity contribution is 7.92. The fourth-order valence-electron chi connectivity index (χ4n) is 1.62. The van der Waals surface area contributed by atoms with Crippen molar-refractivity contribution in [3.05, 3.63) is 11.5 Å². The Balaban J connectivity index is 3.09. The topological polar surface area (TPSA) is 75.2 Å². The Hall–Kier alpha value is -1.08. The van der Waals surface area contributed by atoms with Gasteiger partial charge in [-0.1, -0.05) is 11.6 Å². The predicted molar refractivity (Wildman–Crippen MR) is 78.8 cm³/mol.